The molecule has 5 nitrogen and oxygen atoms in total. The molecule has 2 unspecified atom stereocenters. The van der Waals surface area contributed by atoms with Crippen molar-refractivity contribution < 1.29 is 14.3 Å². The van der Waals surface area contributed by atoms with Crippen LogP contribution < -0.4 is 0 Å². The zero-order valence-corrected chi connectivity index (χ0v) is 14.4. The first kappa shape index (κ1) is 17.5. The lowest BCUT2D eigenvalue weighted by atomic mass is 10.1. The van der Waals surface area contributed by atoms with Crippen molar-refractivity contribution in [3.05, 3.63) is 35.9 Å². The number of carbonyl (C=O) groups is 2. The van der Waals surface area contributed by atoms with Crippen LogP contribution >= 0.6 is 0 Å². The summed E-state index contributed by atoms with van der Waals surface area (Å²) in [6.07, 6.45) is -0.0887. The molecule has 0 radical (unpaired) electrons. The Labute approximate surface area is 138 Å². The largest absolute Gasteiger partial charge is 0.372 e. The minimum absolute atomic E-state index is 0.0393. The Balaban J connectivity index is 2.09. The van der Waals surface area contributed by atoms with Gasteiger partial charge in [0.05, 0.1) is 12.2 Å². The van der Waals surface area contributed by atoms with Crippen LogP contribution in [0.2, 0.25) is 0 Å². The molecule has 2 amide bonds. The molecule has 126 valence electrons. The van der Waals surface area contributed by atoms with Crippen LogP contribution in [0.1, 0.15) is 33.3 Å². The number of hydrogen-bond donors (Lipinski definition) is 0. The van der Waals surface area contributed by atoms with Gasteiger partial charge in [0.25, 0.3) is 0 Å². The summed E-state index contributed by atoms with van der Waals surface area (Å²) in [7, 11) is 0. The van der Waals surface area contributed by atoms with Crippen LogP contribution in [-0.4, -0.2) is 53.0 Å². The fraction of sp³-hybridized carbons (Fsp3) is 0.556. The number of hydrogen-bond acceptors (Lipinski definition) is 3. The maximum Gasteiger partial charge on any atom is 0.312 e. The van der Waals surface area contributed by atoms with Crippen molar-refractivity contribution in [3.63, 3.8) is 0 Å². The average Bonchev–Trinajstić information content (AvgIpc) is 2.51. The van der Waals surface area contributed by atoms with Gasteiger partial charge in [-0.3, -0.25) is 9.59 Å². The highest BCUT2D eigenvalue weighted by molar-refractivity contribution is 6.35. The molecule has 1 aromatic carbocycles. The molecule has 1 heterocycles. The SMILES string of the molecule is CC1CN(C(=O)C(=O)N(Cc2ccccc2)C(C)C)CC(C)O1. The lowest BCUT2D eigenvalue weighted by Crippen LogP contribution is -2.54. The third-order valence-electron chi connectivity index (χ3n) is 3.97. The second-order valence-electron chi connectivity index (χ2n) is 6.48. The Morgan fingerprint density at radius 3 is 2.26 bits per heavy atom. The van der Waals surface area contributed by atoms with E-state index in [1.54, 1.807) is 9.80 Å². The van der Waals surface area contributed by atoms with Crippen LogP contribution in [0.5, 0.6) is 0 Å². The van der Waals surface area contributed by atoms with E-state index < -0.39 is 11.8 Å². The summed E-state index contributed by atoms with van der Waals surface area (Å²) in [6, 6.07) is 9.70. The number of ether oxygens (including phenoxy) is 1. The van der Waals surface area contributed by atoms with Crippen LogP contribution in [0.25, 0.3) is 0 Å². The number of nitrogens with zero attached hydrogens (tertiary/aromatic N) is 2. The maximum absolute atomic E-state index is 12.7. The summed E-state index contributed by atoms with van der Waals surface area (Å²) in [5.41, 5.74) is 1.02. The van der Waals surface area contributed by atoms with E-state index >= 15 is 0 Å². The van der Waals surface area contributed by atoms with Crippen LogP contribution in [0, 0.1) is 0 Å². The highest BCUT2D eigenvalue weighted by Crippen LogP contribution is 2.14. The number of benzene rings is 1. The van der Waals surface area contributed by atoms with Crippen molar-refractivity contribution in [2.45, 2.75) is 52.5 Å². The molecule has 0 N–H and O–H groups in total. The molecule has 0 spiro atoms. The molecule has 2 rings (SSSR count). The topological polar surface area (TPSA) is 49.9 Å². The quantitative estimate of drug-likeness (QED) is 0.802. The lowest BCUT2D eigenvalue weighted by Gasteiger charge is -2.36. The number of carbonyl (C=O) groups excluding carboxylic acids is 2. The van der Waals surface area contributed by atoms with Crippen molar-refractivity contribution in [2.24, 2.45) is 0 Å². The summed E-state index contributed by atoms with van der Waals surface area (Å²) < 4.78 is 5.63. The fourth-order valence-electron chi connectivity index (χ4n) is 2.87. The van der Waals surface area contributed by atoms with Gasteiger partial charge >= 0.3 is 11.8 Å². The minimum atomic E-state index is -0.440. The van der Waals surface area contributed by atoms with Gasteiger partial charge in [-0.25, -0.2) is 0 Å². The van der Waals surface area contributed by atoms with Gasteiger partial charge in [0.2, 0.25) is 0 Å². The molecular weight excluding hydrogens is 292 g/mol. The first-order valence-corrected chi connectivity index (χ1v) is 8.17. The summed E-state index contributed by atoms with van der Waals surface area (Å²) in [6.45, 7) is 9.07. The van der Waals surface area contributed by atoms with Gasteiger partial charge in [-0.05, 0) is 33.3 Å². The van der Waals surface area contributed by atoms with E-state index in [0.29, 0.717) is 19.6 Å². The summed E-state index contributed by atoms with van der Waals surface area (Å²) in [4.78, 5) is 28.5. The second-order valence-corrected chi connectivity index (χ2v) is 6.48. The summed E-state index contributed by atoms with van der Waals surface area (Å²) in [5.74, 6) is -0.873. The van der Waals surface area contributed by atoms with Crippen molar-refractivity contribution in [1.82, 2.24) is 9.80 Å². The Morgan fingerprint density at radius 2 is 1.74 bits per heavy atom. The molecule has 5 heteroatoms. The van der Waals surface area contributed by atoms with Gasteiger partial charge in [0.15, 0.2) is 0 Å². The van der Waals surface area contributed by atoms with Crippen LogP contribution in [0.15, 0.2) is 30.3 Å². The predicted molar refractivity (Wildman–Crippen MR) is 88.7 cm³/mol. The van der Waals surface area contributed by atoms with Gasteiger partial charge in [-0.15, -0.1) is 0 Å². The Kier molecular flexibility index (Phi) is 5.77. The smallest absolute Gasteiger partial charge is 0.312 e. The predicted octanol–water partition coefficient (Wildman–Crippen LogP) is 2.06. The van der Waals surface area contributed by atoms with Crippen molar-refractivity contribution in [3.8, 4) is 0 Å². The van der Waals surface area contributed by atoms with E-state index in [0.717, 1.165) is 5.56 Å². The summed E-state index contributed by atoms with van der Waals surface area (Å²) >= 11 is 0. The van der Waals surface area contributed by atoms with Gasteiger partial charge in [0, 0.05) is 25.7 Å². The van der Waals surface area contributed by atoms with E-state index in [1.165, 1.54) is 0 Å². The molecule has 1 saturated heterocycles. The molecule has 0 saturated carbocycles. The van der Waals surface area contributed by atoms with E-state index in [9.17, 15) is 9.59 Å². The molecule has 1 aliphatic rings. The third-order valence-corrected chi connectivity index (χ3v) is 3.97. The average molecular weight is 318 g/mol. The van der Waals surface area contributed by atoms with Gasteiger partial charge in [-0.1, -0.05) is 30.3 Å². The second kappa shape index (κ2) is 7.59. The Morgan fingerprint density at radius 1 is 1.17 bits per heavy atom. The van der Waals surface area contributed by atoms with Gasteiger partial charge < -0.3 is 14.5 Å². The first-order valence-electron chi connectivity index (χ1n) is 8.17. The molecule has 2 atom stereocenters. The molecule has 23 heavy (non-hydrogen) atoms. The van der Waals surface area contributed by atoms with Crippen molar-refractivity contribution in [1.29, 1.82) is 0 Å². The Hall–Kier alpha value is -1.88. The van der Waals surface area contributed by atoms with E-state index in [1.807, 2.05) is 58.0 Å². The highest BCUT2D eigenvalue weighted by Gasteiger charge is 2.33. The van der Waals surface area contributed by atoms with E-state index in [-0.39, 0.29) is 18.2 Å². The third kappa shape index (κ3) is 4.55. The summed E-state index contributed by atoms with van der Waals surface area (Å²) in [5, 5.41) is 0. The molecule has 1 aromatic rings. The van der Waals surface area contributed by atoms with Crippen LogP contribution in [-0.2, 0) is 20.9 Å². The minimum Gasteiger partial charge on any atom is -0.372 e. The zero-order valence-electron chi connectivity index (χ0n) is 14.4. The van der Waals surface area contributed by atoms with E-state index in [4.69, 9.17) is 4.74 Å². The number of amides is 2. The fourth-order valence-corrected chi connectivity index (χ4v) is 2.87. The monoisotopic (exact) mass is 318 g/mol. The lowest BCUT2D eigenvalue weighted by molar-refractivity contribution is -0.159. The molecule has 1 fully saturated rings. The normalized spacial score (nSPS) is 21.3. The molecule has 0 bridgehead atoms. The van der Waals surface area contributed by atoms with Gasteiger partial charge in [-0.2, -0.15) is 0 Å². The van der Waals surface area contributed by atoms with E-state index in [2.05, 4.69) is 0 Å². The molecular formula is C18H26N2O3. The van der Waals surface area contributed by atoms with Crippen molar-refractivity contribution >= 4 is 11.8 Å². The zero-order chi connectivity index (χ0) is 17.0. The number of rotatable bonds is 3. The van der Waals surface area contributed by atoms with Crippen molar-refractivity contribution in [2.75, 3.05) is 13.1 Å². The Bertz CT molecular complexity index is 534. The first-order chi connectivity index (χ1) is 10.9. The standard InChI is InChI=1S/C18H26N2O3/c1-13(2)20(12-16-8-6-5-7-9-16)18(22)17(21)19-10-14(3)23-15(4)11-19/h5-9,13-15H,10-12H2,1-4H3. The highest BCUT2D eigenvalue weighted by atomic mass is 16.5. The molecule has 0 aromatic heterocycles. The molecule has 0 aliphatic carbocycles. The van der Waals surface area contributed by atoms with Gasteiger partial charge in [0.1, 0.15) is 0 Å². The maximum atomic E-state index is 12.7. The number of morpholine rings is 1. The van der Waals surface area contributed by atoms with Crippen LogP contribution in [0.4, 0.5) is 0 Å². The van der Waals surface area contributed by atoms with Crippen LogP contribution in [0.3, 0.4) is 0 Å². The molecule has 1 aliphatic heterocycles.